The number of piperazine rings is 1. The molecule has 1 aromatic heterocycles. The minimum absolute atomic E-state index is 0. The van der Waals surface area contributed by atoms with Gasteiger partial charge in [0.2, 0.25) is 10.9 Å². The van der Waals surface area contributed by atoms with Crippen LogP contribution in [0.4, 0.5) is 17.6 Å². The molecule has 0 unspecified atom stereocenters. The maximum Gasteiger partial charge on any atom is 0.264 e. The molecule has 1 aliphatic carbocycles. The summed E-state index contributed by atoms with van der Waals surface area (Å²) in [6, 6.07) is 3.59. The number of nitrogens with zero attached hydrogens (tertiary/aromatic N) is 5. The molecule has 1 aromatic carbocycles. The first-order chi connectivity index (χ1) is 17.0. The highest BCUT2D eigenvalue weighted by atomic mass is 35.5. The minimum Gasteiger partial charge on any atom is -0.295 e. The summed E-state index contributed by atoms with van der Waals surface area (Å²) in [5.74, 6) is -4.07. The highest BCUT2D eigenvalue weighted by Crippen LogP contribution is 2.44. The highest BCUT2D eigenvalue weighted by molar-refractivity contribution is 7.89. The predicted octanol–water partition coefficient (Wildman–Crippen LogP) is 3.76. The van der Waals surface area contributed by atoms with Gasteiger partial charge in [0.1, 0.15) is 12.5 Å². The van der Waals surface area contributed by atoms with Gasteiger partial charge >= 0.3 is 0 Å². The molecule has 1 aliphatic heterocycles. The molecular formula is C23H30ClF4N5O3S. The van der Waals surface area contributed by atoms with E-state index in [-0.39, 0.29) is 80.2 Å². The van der Waals surface area contributed by atoms with Crippen molar-refractivity contribution < 1.29 is 30.8 Å². The normalized spacial score (nSPS) is 20.4. The molecule has 0 atom stereocenters. The van der Waals surface area contributed by atoms with Crippen LogP contribution in [0.15, 0.2) is 29.4 Å². The fourth-order valence-electron chi connectivity index (χ4n) is 5.13. The summed E-state index contributed by atoms with van der Waals surface area (Å²) in [6.45, 7) is 0.0491. The molecule has 1 saturated heterocycles. The Bertz CT molecular complexity index is 1210. The third-order valence-electron chi connectivity index (χ3n) is 7.31. The maximum atomic E-state index is 14.3. The van der Waals surface area contributed by atoms with Crippen LogP contribution in [0, 0.1) is 5.82 Å². The van der Waals surface area contributed by atoms with Crippen LogP contribution in [0.2, 0.25) is 0 Å². The van der Waals surface area contributed by atoms with E-state index in [1.165, 1.54) is 27.3 Å². The number of hydrogen-bond donors (Lipinski definition) is 0. The molecule has 0 radical (unpaired) electrons. The number of halogens is 5. The van der Waals surface area contributed by atoms with Crippen LogP contribution in [0.3, 0.4) is 0 Å². The molecule has 37 heavy (non-hydrogen) atoms. The number of aromatic nitrogens is 3. The lowest BCUT2D eigenvalue weighted by atomic mass is 9.74. The van der Waals surface area contributed by atoms with Gasteiger partial charge in [-0.1, -0.05) is 11.3 Å². The van der Waals surface area contributed by atoms with Gasteiger partial charge in [-0.2, -0.15) is 4.31 Å². The van der Waals surface area contributed by atoms with Crippen LogP contribution in [0.25, 0.3) is 0 Å². The number of benzene rings is 1. The van der Waals surface area contributed by atoms with Gasteiger partial charge in [-0.25, -0.2) is 26.0 Å². The van der Waals surface area contributed by atoms with Crippen LogP contribution >= 0.6 is 12.4 Å². The van der Waals surface area contributed by atoms with Crippen molar-refractivity contribution in [3.8, 4) is 0 Å². The summed E-state index contributed by atoms with van der Waals surface area (Å²) >= 11 is 0. The lowest BCUT2D eigenvalue weighted by Gasteiger charge is -2.50. The lowest BCUT2D eigenvalue weighted by molar-refractivity contribution is -0.0891. The van der Waals surface area contributed by atoms with Crippen molar-refractivity contribution in [3.05, 3.63) is 41.3 Å². The predicted molar refractivity (Wildman–Crippen MR) is 130 cm³/mol. The third kappa shape index (κ3) is 6.32. The second-order valence-corrected chi connectivity index (χ2v) is 11.5. The second-order valence-electron chi connectivity index (χ2n) is 9.57. The van der Waals surface area contributed by atoms with E-state index >= 15 is 0 Å². The number of ketones is 1. The zero-order chi connectivity index (χ0) is 26.1. The fraction of sp³-hybridized carbons (Fsp3) is 0.609. The molecule has 2 fully saturated rings. The van der Waals surface area contributed by atoms with Crippen LogP contribution in [0.5, 0.6) is 0 Å². The first-order valence-electron chi connectivity index (χ1n) is 11.8. The molecule has 14 heteroatoms. The van der Waals surface area contributed by atoms with Crippen molar-refractivity contribution in [1.29, 1.82) is 0 Å². The van der Waals surface area contributed by atoms with Gasteiger partial charge in [0.05, 0.1) is 11.8 Å². The van der Waals surface area contributed by atoms with Gasteiger partial charge < -0.3 is 0 Å². The average Bonchev–Trinajstić information content (AvgIpc) is 3.30. The van der Waals surface area contributed by atoms with E-state index in [4.69, 9.17) is 0 Å². The fourth-order valence-corrected chi connectivity index (χ4v) is 6.47. The quantitative estimate of drug-likeness (QED) is 0.356. The Labute approximate surface area is 219 Å². The van der Waals surface area contributed by atoms with Gasteiger partial charge in [0.25, 0.3) is 10.0 Å². The Hall–Kier alpha value is -2.09. The number of carbonyl (C=O) groups excluding carboxylic acids is 1. The summed E-state index contributed by atoms with van der Waals surface area (Å²) in [4.78, 5) is 14.8. The van der Waals surface area contributed by atoms with Crippen molar-refractivity contribution in [2.45, 2.75) is 61.7 Å². The molecule has 2 aromatic rings. The molecule has 4 rings (SSSR count). The summed E-state index contributed by atoms with van der Waals surface area (Å²) < 4.78 is 83.6. The summed E-state index contributed by atoms with van der Waals surface area (Å²) in [6.07, 6.45) is 1.12. The van der Waals surface area contributed by atoms with E-state index in [1.807, 2.05) is 4.90 Å². The van der Waals surface area contributed by atoms with Crippen molar-refractivity contribution in [3.63, 3.8) is 0 Å². The molecular weight excluding hydrogens is 538 g/mol. The zero-order valence-electron chi connectivity index (χ0n) is 20.4. The van der Waals surface area contributed by atoms with Gasteiger partial charge in [0, 0.05) is 58.0 Å². The molecule has 2 aliphatic rings. The Morgan fingerprint density at radius 2 is 1.73 bits per heavy atom. The summed E-state index contributed by atoms with van der Waals surface area (Å²) in [7, 11) is -2.27. The molecule has 8 nitrogen and oxygen atoms in total. The number of aryl methyl sites for hydroxylation is 1. The van der Waals surface area contributed by atoms with Gasteiger partial charge in [-0.15, -0.1) is 17.5 Å². The Kier molecular flexibility index (Phi) is 9.03. The van der Waals surface area contributed by atoms with Gasteiger partial charge in [0.15, 0.2) is 5.78 Å². The topological polar surface area (TPSA) is 88.4 Å². The van der Waals surface area contributed by atoms with E-state index in [9.17, 15) is 30.8 Å². The second kappa shape index (κ2) is 11.3. The Balaban J connectivity index is 0.00000380. The van der Waals surface area contributed by atoms with Crippen molar-refractivity contribution in [2.24, 2.45) is 7.05 Å². The molecule has 0 N–H and O–H groups in total. The Morgan fingerprint density at radius 3 is 2.27 bits per heavy atom. The minimum atomic E-state index is -3.84. The summed E-state index contributed by atoms with van der Waals surface area (Å²) in [5, 5.41) is 7.21. The molecule has 1 saturated carbocycles. The maximum absolute atomic E-state index is 14.3. The van der Waals surface area contributed by atoms with E-state index in [2.05, 4.69) is 10.3 Å². The SMILES string of the molecule is Cl.Cn1cc(S(=O)(=O)N2CCN(C3(CCC(=O)c4ccc(CF)cc4F)CCC(F)(F)CC3)CC2)nn1. The molecule has 206 valence electrons. The first-order valence-corrected chi connectivity index (χ1v) is 13.3. The number of carbonyl (C=O) groups is 1. The van der Waals surface area contributed by atoms with E-state index in [1.54, 1.807) is 7.05 Å². The lowest BCUT2D eigenvalue weighted by Crippen LogP contribution is -2.59. The zero-order valence-corrected chi connectivity index (χ0v) is 22.0. The smallest absolute Gasteiger partial charge is 0.264 e. The van der Waals surface area contributed by atoms with Crippen LogP contribution in [-0.2, 0) is 23.7 Å². The number of alkyl halides is 3. The van der Waals surface area contributed by atoms with Crippen LogP contribution < -0.4 is 0 Å². The largest absolute Gasteiger partial charge is 0.295 e. The highest BCUT2D eigenvalue weighted by Gasteiger charge is 2.47. The van der Waals surface area contributed by atoms with Crippen molar-refractivity contribution in [1.82, 2.24) is 24.2 Å². The molecule has 0 bridgehead atoms. The average molecular weight is 568 g/mol. The monoisotopic (exact) mass is 567 g/mol. The molecule has 0 amide bonds. The van der Waals surface area contributed by atoms with Crippen molar-refractivity contribution >= 4 is 28.2 Å². The van der Waals surface area contributed by atoms with Crippen LogP contribution in [-0.4, -0.2) is 76.0 Å². The van der Waals surface area contributed by atoms with E-state index in [0.717, 1.165) is 6.07 Å². The summed E-state index contributed by atoms with van der Waals surface area (Å²) in [5.41, 5.74) is -0.748. The number of Topliss-reactive ketones (excluding diaryl/α,β-unsaturated/α-hetero) is 1. The number of hydrogen-bond acceptors (Lipinski definition) is 6. The van der Waals surface area contributed by atoms with E-state index < -0.39 is 39.8 Å². The standard InChI is InChI=1S/C23H29F4N5O3S.ClH/c1-30-16-21(28-29-30)36(34,35)32-12-10-31(11-13-32)22(6-8-23(26,27)9-7-22)5-4-20(33)18-3-2-17(15-24)14-19(18)25;/h2-3,14,16H,4-13,15H2,1H3;1H. The Morgan fingerprint density at radius 1 is 1.08 bits per heavy atom. The first kappa shape index (κ1) is 29.5. The van der Waals surface area contributed by atoms with Crippen LogP contribution in [0.1, 0.15) is 54.4 Å². The van der Waals surface area contributed by atoms with Gasteiger partial charge in [-0.05, 0) is 37.0 Å². The van der Waals surface area contributed by atoms with Crippen molar-refractivity contribution in [2.75, 3.05) is 26.2 Å². The molecule has 2 heterocycles. The van der Waals surface area contributed by atoms with Gasteiger partial charge in [-0.3, -0.25) is 14.4 Å². The van der Waals surface area contributed by atoms with E-state index in [0.29, 0.717) is 13.1 Å². The molecule has 0 spiro atoms. The number of sulfonamides is 1. The third-order valence-corrected chi connectivity index (χ3v) is 9.07. The number of rotatable bonds is 8.